The number of sulfone groups is 3. The monoisotopic (exact) mass is 2070 g/mol. The van der Waals surface area contributed by atoms with Gasteiger partial charge in [-0.25, -0.2) is 47.0 Å². The number of nitrogen functional groups attached to an aromatic ring is 4. The zero-order valence-electron chi connectivity index (χ0n) is 73.2. The van der Waals surface area contributed by atoms with E-state index >= 15 is 0 Å². The molecule has 0 saturated heterocycles. The molecule has 11 aromatic rings. The predicted molar refractivity (Wildman–Crippen MR) is 479 cm³/mol. The van der Waals surface area contributed by atoms with Gasteiger partial charge in [-0.05, 0) is 139 Å². The fourth-order valence-corrected chi connectivity index (χ4v) is 13.5. The third-order valence-electron chi connectivity index (χ3n) is 14.8. The second-order valence-electron chi connectivity index (χ2n) is 25.1. The number of para-hydroxylation sites is 1. The van der Waals surface area contributed by atoms with Crippen molar-refractivity contribution in [3.05, 3.63) is 206 Å². The number of phenolic OH excluding ortho intramolecular Hbond substituents is 3. The van der Waals surface area contributed by atoms with Gasteiger partial charge in [-0.2, -0.15) is 41.9 Å². The Labute approximate surface area is 872 Å². The van der Waals surface area contributed by atoms with Crippen LogP contribution in [0.3, 0.4) is 0 Å². The summed E-state index contributed by atoms with van der Waals surface area (Å²) in [7, 11) is -23.3. The molecule has 0 aliphatic rings. The largest absolute Gasteiger partial charge is 1.00 e. The molecule has 134 heavy (non-hydrogen) atoms. The van der Waals surface area contributed by atoms with Crippen molar-refractivity contribution in [2.45, 2.75) is 45.2 Å². The van der Waals surface area contributed by atoms with Gasteiger partial charge in [0, 0.05) is 60.8 Å². The molecule has 0 unspecified atom stereocenters. The smallest absolute Gasteiger partial charge is 0.744 e. The molecule has 0 aromatic heterocycles. The van der Waals surface area contributed by atoms with Gasteiger partial charge in [-0.15, -0.1) is 20.5 Å². The SMILES string of the molecule is CC(=O)OCCS(C)(=O)=O.CC=O.CS(=O)(=O)CCO.CS(=O)(=O)CCO.CSOOCCO.Cc1cc(O)c2c(N)cc(S(=O)(=O)O)cc2c1.Nc1c(N=Nc2ccccc2)c(S(=O)(=O)[O-])cc2cc(SOO[O-])c(N=Nc3ccccc3)c(O)c12.Nc1c(N=Nc2ccccc2)c(S(=O)(=O)[O-])cc2cc(SOO[O-])c(N=Nc3ccccc3)c(O)c12.Nc1ccccc1.[Na+].[Na+].[Na+].[Na+]. The van der Waals surface area contributed by atoms with E-state index in [-0.39, 0.29) is 239 Å². The molecule has 0 fully saturated rings. The Hall–Kier alpha value is -7.47. The summed E-state index contributed by atoms with van der Waals surface area (Å²) < 4.78 is 182. The van der Waals surface area contributed by atoms with Crippen molar-refractivity contribution < 1.29 is 266 Å². The van der Waals surface area contributed by atoms with Crippen LogP contribution in [0.1, 0.15) is 19.4 Å². The van der Waals surface area contributed by atoms with E-state index in [2.05, 4.69) is 73.6 Å². The van der Waals surface area contributed by atoms with E-state index in [1.807, 2.05) is 30.3 Å². The average molecular weight is 2070 g/mol. The van der Waals surface area contributed by atoms with E-state index < -0.39 is 98.5 Å². The van der Waals surface area contributed by atoms with Crippen LogP contribution < -0.4 is 152 Å². The van der Waals surface area contributed by atoms with Crippen molar-refractivity contribution in [3.63, 3.8) is 0 Å². The number of aromatic hydroxyl groups is 3. The van der Waals surface area contributed by atoms with Crippen molar-refractivity contribution in [1.29, 1.82) is 0 Å². The van der Waals surface area contributed by atoms with Gasteiger partial charge in [-0.1, -0.05) is 97.1 Å². The van der Waals surface area contributed by atoms with Crippen molar-refractivity contribution in [1.82, 2.24) is 0 Å². The Morgan fingerprint density at radius 1 is 0.448 bits per heavy atom. The van der Waals surface area contributed by atoms with Crippen molar-refractivity contribution in [3.8, 4) is 17.2 Å². The first-order valence-corrected chi connectivity index (χ1v) is 49.0. The fraction of sp³-hybridized carbons (Fsp3) is 0.195. The molecule has 0 bridgehead atoms. The number of hydrogen-bond acceptors (Lipinski definition) is 46. The predicted octanol–water partition coefficient (Wildman–Crippen LogP) is -0.795. The van der Waals surface area contributed by atoms with Gasteiger partial charge in [0.2, 0.25) is 0 Å². The second-order valence-corrected chi connectivity index (χ2v) is 37.9. The molecular weight excluding hydrogens is 1990 g/mol. The van der Waals surface area contributed by atoms with E-state index in [1.54, 1.807) is 141 Å². The molecule has 0 amide bonds. The van der Waals surface area contributed by atoms with Crippen molar-refractivity contribution in [2.24, 2.45) is 40.9 Å². The number of anilines is 4. The second kappa shape index (κ2) is 65.4. The molecule has 0 saturated carbocycles. The number of ether oxygens (including phenoxy) is 1. The molecular formula is C77H86N12Na4O32S9. The molecule has 11 rings (SSSR count). The van der Waals surface area contributed by atoms with Crippen LogP contribution >= 0.6 is 36.1 Å². The number of carbonyl (C=O) groups excluding carboxylic acids is 2. The molecule has 11 aromatic carbocycles. The number of hydrogen-bond donors (Lipinski definition) is 11. The molecule has 0 aliphatic carbocycles. The topological polar surface area (TPSA) is 740 Å². The number of nitrogens with zero attached hydrogens (tertiary/aromatic N) is 8. The quantitative estimate of drug-likeness (QED) is 0.00273. The summed E-state index contributed by atoms with van der Waals surface area (Å²) in [6.07, 6.45) is 5.75. The first kappa shape index (κ1) is 129. The van der Waals surface area contributed by atoms with Gasteiger partial charge in [0.05, 0.1) is 131 Å². The number of aliphatic hydroxyl groups excluding tert-OH is 3. The summed E-state index contributed by atoms with van der Waals surface area (Å²) in [5.41, 5.74) is 24.9. The Kier molecular flexibility index (Phi) is 62.7. The van der Waals surface area contributed by atoms with Crippen LogP contribution in [0, 0.1) is 6.92 Å². The number of benzene rings is 11. The molecule has 15 N–H and O–H groups in total. The van der Waals surface area contributed by atoms with E-state index in [0.717, 1.165) is 66.5 Å². The van der Waals surface area contributed by atoms with Gasteiger partial charge >= 0.3 is 124 Å². The summed E-state index contributed by atoms with van der Waals surface area (Å²) in [6.45, 7) is 4.07. The zero-order chi connectivity index (χ0) is 97.6. The zero-order valence-corrected chi connectivity index (χ0v) is 88.5. The maximum Gasteiger partial charge on any atom is 1.00 e. The maximum absolute atomic E-state index is 12.0. The van der Waals surface area contributed by atoms with Gasteiger partial charge in [0.25, 0.3) is 10.1 Å². The summed E-state index contributed by atoms with van der Waals surface area (Å²) in [5.74, 6) is -1.91. The summed E-state index contributed by atoms with van der Waals surface area (Å²) in [6, 6.07) is 53.4. The summed E-state index contributed by atoms with van der Waals surface area (Å²) in [4.78, 5) is 21.5. The number of carbonyl (C=O) groups is 2. The van der Waals surface area contributed by atoms with Crippen LogP contribution in [0.25, 0.3) is 32.3 Å². The Balaban J connectivity index is 0. The van der Waals surface area contributed by atoms with Gasteiger partial charge in [-0.3, -0.25) is 19.4 Å². The van der Waals surface area contributed by atoms with E-state index in [9.17, 15) is 90.2 Å². The Morgan fingerprint density at radius 3 is 1.04 bits per heavy atom. The normalized spacial score (nSPS) is 11.1. The van der Waals surface area contributed by atoms with Gasteiger partial charge in [0.1, 0.15) is 87.9 Å². The Bertz CT molecular complexity index is 6130. The molecule has 0 aliphatic heterocycles. The molecule has 57 heteroatoms. The van der Waals surface area contributed by atoms with Crippen LogP contribution in [0.2, 0.25) is 0 Å². The number of nitrogens with two attached hydrogens (primary N) is 4. The van der Waals surface area contributed by atoms with Crippen molar-refractivity contribution >= 4 is 209 Å². The molecule has 0 spiro atoms. The molecule has 0 heterocycles. The standard InChI is InChI=1S/2C22H17N5O7S2.C11H11NO4S.C6H7N.C5H10O4S.3C3H8O3S.C2H4O.4Na/c2*23-19-18-13(12-17(36(30,31)32)21(19)27-25-15-9-5-2-6-10-15)11-16(35-34-33-29)20(22(18)28)26-24-14-7-3-1-4-8-14;1-6-2-7-4-8(17(14,15)16)5-9(12)11(7)10(13)3-6;7-6-4-2-1-3-5-6;1-5(6)9-3-4-10(2,7)8;2*1-7(5,6)3-2-4;1-7-6-5-3-2-4;1-2-3;;;;/h2*1-12,28-29H,23H2,(H,30,31,32);2-5,13H,12H2,1H3,(H,14,15,16);1-5H,7H2;3-4H2,1-2H3;3*4H,2-3H2,1H3;2H,1H3;;;;/q;;;;;;;;;4*+1/p-4. The first-order chi connectivity index (χ1) is 61.1. The van der Waals surface area contributed by atoms with Crippen LogP contribution in [0.4, 0.5) is 68.2 Å². The number of aldehydes is 1. The van der Waals surface area contributed by atoms with Crippen LogP contribution in [0.5, 0.6) is 17.2 Å². The molecule has 44 nitrogen and oxygen atoms in total. The number of fused-ring (bicyclic) bond motifs is 3. The van der Waals surface area contributed by atoms with Crippen LogP contribution in [-0.2, 0) is 102 Å². The number of phenols is 3. The molecule has 704 valence electrons. The molecule has 0 radical (unpaired) electrons. The van der Waals surface area contributed by atoms with Crippen LogP contribution in [-0.4, -0.2) is 182 Å². The first-order valence-electron chi connectivity index (χ1n) is 36.0. The minimum atomic E-state index is -5.07. The number of aliphatic hydroxyl groups is 3. The number of azo groups is 4. The third kappa shape index (κ3) is 48.7. The van der Waals surface area contributed by atoms with E-state index in [1.165, 1.54) is 38.1 Å². The van der Waals surface area contributed by atoms with Crippen LogP contribution in [0.15, 0.2) is 266 Å². The number of esters is 1. The number of aryl methyl sites for hydroxylation is 1. The van der Waals surface area contributed by atoms with Gasteiger partial charge in [0.15, 0.2) is 21.3 Å². The Morgan fingerprint density at radius 2 is 0.776 bits per heavy atom. The minimum Gasteiger partial charge on any atom is -0.744 e. The maximum atomic E-state index is 12.0. The van der Waals surface area contributed by atoms with Crippen molar-refractivity contribution in [2.75, 3.05) is 98.3 Å². The fourth-order valence-electron chi connectivity index (χ4n) is 9.47. The minimum absolute atomic E-state index is 0. The third-order valence-corrected chi connectivity index (χ3v) is 21.6. The average Bonchev–Trinajstić information content (AvgIpc) is 0.750. The van der Waals surface area contributed by atoms with Gasteiger partial charge < -0.3 is 82.7 Å². The summed E-state index contributed by atoms with van der Waals surface area (Å²) >= 11 is 1.87. The molecule has 0 atom stereocenters. The number of rotatable bonds is 28. The summed E-state index contributed by atoms with van der Waals surface area (Å²) in [5, 5.41) is 116. The van der Waals surface area contributed by atoms with E-state index in [4.69, 9.17) is 47.6 Å². The van der Waals surface area contributed by atoms with E-state index in [0.29, 0.717) is 57.6 Å².